The quantitative estimate of drug-likeness (QED) is 0.275. The Balaban J connectivity index is 0.00000259. The van der Waals surface area contributed by atoms with Gasteiger partial charge in [-0.2, -0.15) is 0 Å². The first kappa shape index (κ1) is 23.3. The molecular formula is C23H22N4O3S3. The van der Waals surface area contributed by atoms with Crippen LogP contribution in [0.5, 0.6) is 0 Å². The second-order valence-corrected chi connectivity index (χ2v) is 10.7. The number of fused-ring (bicyclic) bond motifs is 2. The van der Waals surface area contributed by atoms with Gasteiger partial charge in [0.2, 0.25) is 0 Å². The van der Waals surface area contributed by atoms with Gasteiger partial charge in [-0.15, -0.1) is 22.7 Å². The van der Waals surface area contributed by atoms with Gasteiger partial charge in [-0.3, -0.25) is 0 Å². The third-order valence-electron chi connectivity index (χ3n) is 5.11. The Bertz CT molecular complexity index is 1570. The molecule has 5 N–H and O–H groups in total. The lowest BCUT2D eigenvalue weighted by Crippen LogP contribution is -2.01. The number of quaternary nitrogens is 1. The lowest BCUT2D eigenvalue weighted by Gasteiger charge is -2.10. The van der Waals surface area contributed by atoms with Crippen molar-refractivity contribution >= 4 is 58.9 Å². The smallest absolute Gasteiger partial charge is 0.126 e. The highest BCUT2D eigenvalue weighted by Crippen LogP contribution is 2.38. The number of hydrogen-bond donors (Lipinski definition) is 2. The Morgan fingerprint density at radius 3 is 2.24 bits per heavy atom. The van der Waals surface area contributed by atoms with E-state index >= 15 is 0 Å². The van der Waals surface area contributed by atoms with Crippen LogP contribution < -0.4 is 11.5 Å². The summed E-state index contributed by atoms with van der Waals surface area (Å²) in [4.78, 5) is 9.16. The molecule has 0 spiro atoms. The minimum atomic E-state index is -4.59. The van der Waals surface area contributed by atoms with Gasteiger partial charge in [0, 0.05) is 23.4 Å². The van der Waals surface area contributed by atoms with Crippen molar-refractivity contribution in [2.75, 3.05) is 11.9 Å². The third-order valence-corrected chi connectivity index (χ3v) is 8.47. The highest BCUT2D eigenvalue weighted by Gasteiger charge is 2.17. The monoisotopic (exact) mass is 498 g/mol. The van der Waals surface area contributed by atoms with E-state index in [1.54, 1.807) is 30.4 Å². The molecule has 0 aliphatic heterocycles. The van der Waals surface area contributed by atoms with Crippen LogP contribution in [-0.4, -0.2) is 29.5 Å². The summed E-state index contributed by atoms with van der Waals surface area (Å²) in [6.07, 6.45) is 0. The summed E-state index contributed by atoms with van der Waals surface area (Å²) in [6, 6.07) is 17.4. The summed E-state index contributed by atoms with van der Waals surface area (Å²) in [7, 11) is -4.59. The van der Waals surface area contributed by atoms with Crippen LogP contribution in [0, 0.1) is 6.92 Å². The molecule has 170 valence electrons. The summed E-state index contributed by atoms with van der Waals surface area (Å²) in [5, 5.41) is 4.89. The summed E-state index contributed by atoms with van der Waals surface area (Å²) in [5.41, 5.74) is 4.83. The number of anilines is 1. The van der Waals surface area contributed by atoms with Crippen molar-refractivity contribution in [1.29, 1.82) is 0 Å². The maximum Gasteiger partial charge on any atom is 0.126 e. The highest BCUT2D eigenvalue weighted by molar-refractivity contribution is 7.86. The summed E-state index contributed by atoms with van der Waals surface area (Å²) in [5.74, 6) is 0. The molecule has 5 rings (SSSR count). The normalized spacial score (nSPS) is 11.6. The van der Waals surface area contributed by atoms with E-state index in [0.29, 0.717) is 20.8 Å². The first-order valence-electron chi connectivity index (χ1n) is 9.95. The zero-order valence-corrected chi connectivity index (χ0v) is 20.7. The van der Waals surface area contributed by atoms with Crippen LogP contribution in [0.15, 0.2) is 59.5 Å². The standard InChI is InChI=1S/C23H19N3O3S3.H3N/c1-3-24-16-8-5-14(6-9-16)22-25-17-11-7-15(12-19(17)30-22)23-26-18-10-4-13(2)21(20(18)31-23)32(27,28)29;/h4-12,24H,3H2,1-2H3,(H,27,28,29);1H3. The number of benzene rings is 3. The average molecular weight is 499 g/mol. The molecule has 2 heterocycles. The summed E-state index contributed by atoms with van der Waals surface area (Å²) >= 11 is 2.82. The van der Waals surface area contributed by atoms with Crippen LogP contribution >= 0.6 is 22.7 Å². The van der Waals surface area contributed by atoms with Gasteiger partial charge in [0.05, 0.1) is 25.3 Å². The predicted molar refractivity (Wildman–Crippen MR) is 137 cm³/mol. The molecular weight excluding hydrogens is 476 g/mol. The van der Waals surface area contributed by atoms with Crippen LogP contribution in [0.1, 0.15) is 12.5 Å². The molecule has 0 radical (unpaired) electrons. The highest BCUT2D eigenvalue weighted by atomic mass is 32.2. The van der Waals surface area contributed by atoms with Crippen LogP contribution in [0.25, 0.3) is 41.6 Å². The van der Waals surface area contributed by atoms with Crippen molar-refractivity contribution in [1.82, 2.24) is 16.1 Å². The van der Waals surface area contributed by atoms with E-state index in [0.717, 1.165) is 38.6 Å². The molecule has 0 aliphatic carbocycles. The minimum Gasteiger partial charge on any atom is -0.744 e. The fourth-order valence-electron chi connectivity index (χ4n) is 3.62. The molecule has 0 saturated carbocycles. The van der Waals surface area contributed by atoms with Crippen molar-refractivity contribution < 1.29 is 13.0 Å². The second kappa shape index (κ2) is 8.81. The maximum absolute atomic E-state index is 11.8. The number of rotatable bonds is 5. The third kappa shape index (κ3) is 4.35. The number of aryl methyl sites for hydroxylation is 1. The average Bonchev–Trinajstić information content (AvgIpc) is 3.37. The molecule has 3 aromatic carbocycles. The topological polar surface area (TPSA) is 132 Å². The molecule has 33 heavy (non-hydrogen) atoms. The van der Waals surface area contributed by atoms with E-state index in [4.69, 9.17) is 4.98 Å². The SMILES string of the molecule is CCNc1ccc(-c2nc3ccc(-c4nc5ccc(C)c(S(=O)(=O)[O-])c5s4)cc3s2)cc1.[NH4+]. The lowest BCUT2D eigenvalue weighted by atomic mass is 10.2. The van der Waals surface area contributed by atoms with Gasteiger partial charge in [-0.25, -0.2) is 18.4 Å². The van der Waals surface area contributed by atoms with Crippen LogP contribution in [0.3, 0.4) is 0 Å². The predicted octanol–water partition coefficient (Wildman–Crippen LogP) is 6.26. The van der Waals surface area contributed by atoms with Gasteiger partial charge in [0.15, 0.2) is 0 Å². The molecule has 0 saturated heterocycles. The first-order valence-corrected chi connectivity index (χ1v) is 13.0. The molecule has 0 aliphatic rings. The van der Waals surface area contributed by atoms with Crippen LogP contribution in [0.4, 0.5) is 5.69 Å². The van der Waals surface area contributed by atoms with Crippen LogP contribution in [-0.2, 0) is 10.1 Å². The van der Waals surface area contributed by atoms with Gasteiger partial charge in [0.25, 0.3) is 0 Å². The maximum atomic E-state index is 11.8. The van der Waals surface area contributed by atoms with E-state index in [-0.39, 0.29) is 11.0 Å². The van der Waals surface area contributed by atoms with Gasteiger partial charge in [0.1, 0.15) is 20.1 Å². The Kier molecular flexibility index (Phi) is 6.21. The number of aromatic nitrogens is 2. The number of nitrogens with one attached hydrogen (secondary N) is 1. The van der Waals surface area contributed by atoms with Crippen LogP contribution in [0.2, 0.25) is 0 Å². The zero-order chi connectivity index (χ0) is 22.5. The van der Waals surface area contributed by atoms with Crippen molar-refractivity contribution in [2.24, 2.45) is 0 Å². The van der Waals surface area contributed by atoms with E-state index in [2.05, 4.69) is 29.4 Å². The Hall–Kier alpha value is -2.89. The Morgan fingerprint density at radius 1 is 0.909 bits per heavy atom. The molecule has 2 aromatic heterocycles. The zero-order valence-electron chi connectivity index (χ0n) is 18.2. The van der Waals surface area contributed by atoms with Gasteiger partial charge in [-0.05, 0) is 67.9 Å². The Morgan fingerprint density at radius 2 is 1.55 bits per heavy atom. The molecule has 10 heteroatoms. The molecule has 0 unspecified atom stereocenters. The Labute approximate surface area is 199 Å². The van der Waals surface area contributed by atoms with Gasteiger partial charge < -0.3 is 16.0 Å². The molecule has 0 amide bonds. The first-order chi connectivity index (χ1) is 15.3. The van der Waals surface area contributed by atoms with E-state index in [1.165, 1.54) is 11.3 Å². The molecule has 0 fully saturated rings. The van der Waals surface area contributed by atoms with Gasteiger partial charge in [-0.1, -0.05) is 6.07 Å². The van der Waals surface area contributed by atoms with E-state index < -0.39 is 10.1 Å². The second-order valence-electron chi connectivity index (χ2n) is 7.34. The lowest BCUT2D eigenvalue weighted by molar-refractivity contribution is 0.463. The molecule has 7 nitrogen and oxygen atoms in total. The molecule has 0 atom stereocenters. The van der Waals surface area contributed by atoms with E-state index in [1.807, 2.05) is 30.3 Å². The largest absolute Gasteiger partial charge is 0.744 e. The number of nitrogens with zero attached hydrogens (tertiary/aromatic N) is 2. The number of hydrogen-bond acceptors (Lipinski definition) is 8. The summed E-state index contributed by atoms with van der Waals surface area (Å²) < 4.78 is 36.8. The van der Waals surface area contributed by atoms with Crippen molar-refractivity contribution in [3.63, 3.8) is 0 Å². The summed E-state index contributed by atoms with van der Waals surface area (Å²) in [6.45, 7) is 4.56. The fourth-order valence-corrected chi connectivity index (χ4v) is 6.91. The fraction of sp³-hybridized carbons (Fsp3) is 0.130. The van der Waals surface area contributed by atoms with Crippen molar-refractivity contribution in [2.45, 2.75) is 18.7 Å². The minimum absolute atomic E-state index is 0. The number of thiazole rings is 2. The van der Waals surface area contributed by atoms with Crippen molar-refractivity contribution in [3.8, 4) is 21.1 Å². The van der Waals surface area contributed by atoms with Gasteiger partial charge >= 0.3 is 0 Å². The van der Waals surface area contributed by atoms with E-state index in [9.17, 15) is 13.0 Å². The van der Waals surface area contributed by atoms with Crippen molar-refractivity contribution in [3.05, 3.63) is 60.2 Å². The molecule has 5 aromatic rings. The molecule has 0 bridgehead atoms.